The zero-order valence-corrected chi connectivity index (χ0v) is 13.2. The second-order valence-corrected chi connectivity index (χ2v) is 5.27. The third-order valence-corrected chi connectivity index (χ3v) is 3.56. The zero-order chi connectivity index (χ0) is 18.2. The Labute approximate surface area is 139 Å². The van der Waals surface area contributed by atoms with Gasteiger partial charge in [0.1, 0.15) is 5.82 Å². The molecule has 1 N–H and O–H groups in total. The molecule has 6 nitrogen and oxygen atoms in total. The Morgan fingerprint density at radius 2 is 1.92 bits per heavy atom. The number of rotatable bonds is 4. The molecule has 2 heterocycles. The number of hydrogen-bond donors (Lipinski definition) is 1. The summed E-state index contributed by atoms with van der Waals surface area (Å²) in [5.74, 6) is -1.47. The van der Waals surface area contributed by atoms with Crippen molar-refractivity contribution in [1.82, 2.24) is 19.8 Å². The average molecular weight is 355 g/mol. The van der Waals surface area contributed by atoms with Gasteiger partial charge in [-0.1, -0.05) is 6.07 Å². The lowest BCUT2D eigenvalue weighted by Crippen LogP contribution is -2.14. The summed E-state index contributed by atoms with van der Waals surface area (Å²) in [5, 5.41) is 13.3. The van der Waals surface area contributed by atoms with Gasteiger partial charge in [0, 0.05) is 0 Å². The number of benzene rings is 1. The predicted molar refractivity (Wildman–Crippen MR) is 80.8 cm³/mol. The first-order valence-corrected chi connectivity index (χ1v) is 7.19. The zero-order valence-electron chi connectivity index (χ0n) is 13.2. The second-order valence-electron chi connectivity index (χ2n) is 5.27. The molecule has 1 unspecified atom stereocenters. The monoisotopic (exact) mass is 355 g/mol. The lowest BCUT2D eigenvalue weighted by atomic mass is 10.1. The van der Waals surface area contributed by atoms with E-state index < -0.39 is 23.9 Å². The average Bonchev–Trinajstić information content (AvgIpc) is 2.98. The fraction of sp³-hybridized carbons (Fsp3) is 0.267. The second kappa shape index (κ2) is 6.19. The molecule has 3 rings (SSSR count). The maximum atomic E-state index is 13.8. The summed E-state index contributed by atoms with van der Waals surface area (Å²) in [4.78, 5) is 0. The van der Waals surface area contributed by atoms with Crippen LogP contribution < -0.4 is 10.1 Å². The van der Waals surface area contributed by atoms with Crippen molar-refractivity contribution in [3.05, 3.63) is 47.5 Å². The third-order valence-electron chi connectivity index (χ3n) is 3.56. The Morgan fingerprint density at radius 3 is 2.56 bits per heavy atom. The van der Waals surface area contributed by atoms with Gasteiger partial charge in [0.25, 0.3) is 5.82 Å². The van der Waals surface area contributed by atoms with Crippen LogP contribution in [-0.4, -0.2) is 26.9 Å². The van der Waals surface area contributed by atoms with Crippen LogP contribution in [0, 0.1) is 5.82 Å². The summed E-state index contributed by atoms with van der Waals surface area (Å²) in [6, 6.07) is 6.84. The summed E-state index contributed by atoms with van der Waals surface area (Å²) in [6.07, 6.45) is -4.67. The number of nitrogens with zero attached hydrogens (tertiary/aromatic N) is 4. The Morgan fingerprint density at radius 1 is 1.16 bits per heavy atom. The Bertz CT molecular complexity index is 909. The van der Waals surface area contributed by atoms with Gasteiger partial charge >= 0.3 is 6.18 Å². The van der Waals surface area contributed by atoms with Crippen LogP contribution in [-0.2, 0) is 6.18 Å². The fourth-order valence-corrected chi connectivity index (χ4v) is 2.30. The Balaban J connectivity index is 1.88. The highest BCUT2D eigenvalue weighted by atomic mass is 19.4. The molecule has 0 amide bonds. The number of hydrogen-bond acceptors (Lipinski definition) is 5. The standard InChI is InChI=1S/C15H13F4N5O/c1-8(9-3-4-11(25-2)10(16)7-9)20-12-5-6-13-21-22-14(15(17,18)19)24(13)23-12/h3-8H,1-2H3,(H,20,23). The van der Waals surface area contributed by atoms with E-state index in [4.69, 9.17) is 4.74 Å². The number of methoxy groups -OCH3 is 1. The Hall–Kier alpha value is -2.91. The van der Waals surface area contributed by atoms with E-state index in [1.165, 1.54) is 31.4 Å². The molecule has 0 fully saturated rings. The molecule has 0 radical (unpaired) electrons. The van der Waals surface area contributed by atoms with Gasteiger partial charge in [0.05, 0.1) is 13.2 Å². The summed E-state index contributed by atoms with van der Waals surface area (Å²) >= 11 is 0. The van der Waals surface area contributed by atoms with Gasteiger partial charge in [0.2, 0.25) is 0 Å². The lowest BCUT2D eigenvalue weighted by Gasteiger charge is -2.16. The Kier molecular flexibility index (Phi) is 4.19. The van der Waals surface area contributed by atoms with Gasteiger partial charge in [-0.3, -0.25) is 0 Å². The van der Waals surface area contributed by atoms with Crippen LogP contribution in [0.4, 0.5) is 23.4 Å². The first kappa shape index (κ1) is 16.9. The van der Waals surface area contributed by atoms with Crippen molar-refractivity contribution in [2.45, 2.75) is 19.1 Å². The number of aromatic nitrogens is 4. The minimum absolute atomic E-state index is 0.0268. The molecule has 0 aliphatic carbocycles. The van der Waals surface area contributed by atoms with Crippen molar-refractivity contribution in [3.8, 4) is 5.75 Å². The first-order valence-electron chi connectivity index (χ1n) is 7.19. The topological polar surface area (TPSA) is 64.3 Å². The lowest BCUT2D eigenvalue weighted by molar-refractivity contribution is -0.146. The highest BCUT2D eigenvalue weighted by Gasteiger charge is 2.37. The van der Waals surface area contributed by atoms with Gasteiger partial charge in [-0.25, -0.2) is 4.39 Å². The number of alkyl halides is 3. The smallest absolute Gasteiger partial charge is 0.453 e. The van der Waals surface area contributed by atoms with Crippen LogP contribution >= 0.6 is 0 Å². The first-order chi connectivity index (χ1) is 11.8. The molecule has 1 aromatic carbocycles. The summed E-state index contributed by atoms with van der Waals surface area (Å²) < 4.78 is 57.9. The largest absolute Gasteiger partial charge is 0.494 e. The molecule has 2 aromatic heterocycles. The maximum Gasteiger partial charge on any atom is 0.453 e. The number of nitrogens with one attached hydrogen (secondary N) is 1. The van der Waals surface area contributed by atoms with E-state index in [-0.39, 0.29) is 17.2 Å². The molecular weight excluding hydrogens is 342 g/mol. The van der Waals surface area contributed by atoms with Crippen molar-refractivity contribution < 1.29 is 22.3 Å². The molecule has 0 bridgehead atoms. The van der Waals surface area contributed by atoms with Crippen LogP contribution in [0.1, 0.15) is 24.4 Å². The fourth-order valence-electron chi connectivity index (χ4n) is 2.30. The van der Waals surface area contributed by atoms with Gasteiger partial charge in [0.15, 0.2) is 17.2 Å². The highest BCUT2D eigenvalue weighted by Crippen LogP contribution is 2.28. The molecule has 0 aliphatic rings. The van der Waals surface area contributed by atoms with E-state index in [0.717, 1.165) is 0 Å². The van der Waals surface area contributed by atoms with E-state index in [2.05, 4.69) is 20.6 Å². The van der Waals surface area contributed by atoms with Crippen LogP contribution in [0.2, 0.25) is 0 Å². The highest BCUT2D eigenvalue weighted by molar-refractivity contribution is 5.46. The van der Waals surface area contributed by atoms with Gasteiger partial charge in [-0.2, -0.15) is 17.7 Å². The van der Waals surface area contributed by atoms with Crippen LogP contribution in [0.25, 0.3) is 5.65 Å². The summed E-state index contributed by atoms with van der Waals surface area (Å²) in [6.45, 7) is 1.73. The van der Waals surface area contributed by atoms with Gasteiger partial charge < -0.3 is 10.1 Å². The third kappa shape index (κ3) is 3.32. The van der Waals surface area contributed by atoms with E-state index in [1.54, 1.807) is 13.0 Å². The van der Waals surface area contributed by atoms with Crippen LogP contribution in [0.3, 0.4) is 0 Å². The van der Waals surface area contributed by atoms with Crippen molar-refractivity contribution >= 4 is 11.5 Å². The molecule has 0 spiro atoms. The van der Waals surface area contributed by atoms with Gasteiger partial charge in [-0.05, 0) is 36.8 Å². The molecular formula is C15H13F4N5O. The van der Waals surface area contributed by atoms with Crippen LogP contribution in [0.15, 0.2) is 30.3 Å². The minimum atomic E-state index is -4.67. The van der Waals surface area contributed by atoms with Gasteiger partial charge in [-0.15, -0.1) is 15.3 Å². The van der Waals surface area contributed by atoms with Crippen molar-refractivity contribution in [2.75, 3.05) is 12.4 Å². The summed E-state index contributed by atoms with van der Waals surface area (Å²) in [7, 11) is 1.36. The minimum Gasteiger partial charge on any atom is -0.494 e. The maximum absolute atomic E-state index is 13.8. The quantitative estimate of drug-likeness (QED) is 0.726. The molecule has 132 valence electrons. The van der Waals surface area contributed by atoms with E-state index >= 15 is 0 Å². The molecule has 0 saturated heterocycles. The predicted octanol–water partition coefficient (Wildman–Crippen LogP) is 3.46. The molecule has 3 aromatic rings. The van der Waals surface area contributed by atoms with Crippen molar-refractivity contribution in [1.29, 1.82) is 0 Å². The van der Waals surface area contributed by atoms with E-state index in [0.29, 0.717) is 10.1 Å². The number of anilines is 1. The molecule has 1 atom stereocenters. The molecule has 0 saturated carbocycles. The summed E-state index contributed by atoms with van der Waals surface area (Å²) in [5.41, 5.74) is 0.556. The normalized spacial score (nSPS) is 13.0. The van der Waals surface area contributed by atoms with E-state index in [1.807, 2.05) is 0 Å². The molecule has 10 heteroatoms. The van der Waals surface area contributed by atoms with Crippen molar-refractivity contribution in [2.24, 2.45) is 0 Å². The SMILES string of the molecule is COc1ccc(C(C)Nc2ccc3nnc(C(F)(F)F)n3n2)cc1F. The number of fused-ring (bicyclic) bond motifs is 1. The number of ether oxygens (including phenoxy) is 1. The van der Waals surface area contributed by atoms with Crippen molar-refractivity contribution in [3.63, 3.8) is 0 Å². The number of halogens is 4. The van der Waals surface area contributed by atoms with E-state index in [9.17, 15) is 17.6 Å². The molecule has 0 aliphatic heterocycles. The molecule has 25 heavy (non-hydrogen) atoms. The van der Waals surface area contributed by atoms with Crippen LogP contribution in [0.5, 0.6) is 5.75 Å².